The molecule has 27 heavy (non-hydrogen) atoms. The summed E-state index contributed by atoms with van der Waals surface area (Å²) < 4.78 is 47.0. The number of phenolic OH excluding ortho intramolecular Hbond substituents is 1. The smallest absolute Gasteiger partial charge is 0.326 e. The molecule has 8 nitrogen and oxygen atoms in total. The highest BCUT2D eigenvalue weighted by atomic mass is 32.2. The molecule has 10 heteroatoms. The summed E-state index contributed by atoms with van der Waals surface area (Å²) in [6.07, 6.45) is 0. The van der Waals surface area contributed by atoms with Gasteiger partial charge in [-0.3, -0.25) is 4.79 Å². The van der Waals surface area contributed by atoms with Gasteiger partial charge in [-0.15, -0.1) is 0 Å². The SMILES string of the molecule is CCN(C)CCOc1ccc2cc(O)c(N3CC(=O)NS3(=O)=O)c(F)c2c1. The molecule has 0 saturated carbocycles. The van der Waals surface area contributed by atoms with E-state index >= 15 is 4.39 Å². The van der Waals surface area contributed by atoms with Gasteiger partial charge in [-0.2, -0.15) is 8.42 Å². The number of hydrogen-bond acceptors (Lipinski definition) is 6. The van der Waals surface area contributed by atoms with Crippen molar-refractivity contribution in [3.63, 3.8) is 0 Å². The molecule has 1 heterocycles. The summed E-state index contributed by atoms with van der Waals surface area (Å²) in [5.74, 6) is -1.90. The average Bonchev–Trinajstić information content (AvgIpc) is 2.87. The third-order valence-corrected chi connectivity index (χ3v) is 5.73. The predicted octanol–water partition coefficient (Wildman–Crippen LogP) is 1.20. The van der Waals surface area contributed by atoms with Crippen LogP contribution in [0.15, 0.2) is 24.3 Å². The number of carbonyl (C=O) groups is 1. The lowest BCUT2D eigenvalue weighted by atomic mass is 10.1. The van der Waals surface area contributed by atoms with Crippen molar-refractivity contribution in [1.82, 2.24) is 9.62 Å². The number of amides is 1. The van der Waals surface area contributed by atoms with Crippen molar-refractivity contribution in [1.29, 1.82) is 0 Å². The molecule has 0 spiro atoms. The topological polar surface area (TPSA) is 99.2 Å². The second-order valence-corrected chi connectivity index (χ2v) is 7.82. The van der Waals surface area contributed by atoms with Crippen LogP contribution in [-0.2, 0) is 15.0 Å². The number of rotatable bonds is 6. The first kappa shape index (κ1) is 19.2. The largest absolute Gasteiger partial charge is 0.506 e. The zero-order chi connectivity index (χ0) is 19.8. The quantitative estimate of drug-likeness (QED) is 0.760. The second kappa shape index (κ2) is 7.20. The molecule has 1 aliphatic rings. The first-order chi connectivity index (χ1) is 12.7. The zero-order valence-corrected chi connectivity index (χ0v) is 15.7. The highest BCUT2D eigenvalue weighted by Crippen LogP contribution is 2.39. The molecule has 0 unspecified atom stereocenters. The number of aromatic hydroxyl groups is 1. The summed E-state index contributed by atoms with van der Waals surface area (Å²) in [6, 6.07) is 5.91. The van der Waals surface area contributed by atoms with Crippen molar-refractivity contribution in [2.24, 2.45) is 0 Å². The number of likely N-dealkylation sites (N-methyl/N-ethyl adjacent to an activating group) is 1. The van der Waals surface area contributed by atoms with E-state index in [2.05, 4.69) is 4.90 Å². The Morgan fingerprint density at radius 1 is 1.37 bits per heavy atom. The van der Waals surface area contributed by atoms with Crippen LogP contribution >= 0.6 is 0 Å². The van der Waals surface area contributed by atoms with Crippen molar-refractivity contribution in [3.8, 4) is 11.5 Å². The van der Waals surface area contributed by atoms with E-state index in [-0.39, 0.29) is 5.39 Å². The summed E-state index contributed by atoms with van der Waals surface area (Å²) in [6.45, 7) is 3.39. The van der Waals surface area contributed by atoms with Crippen LogP contribution in [0.2, 0.25) is 0 Å². The Balaban J connectivity index is 1.98. The fraction of sp³-hybridized carbons (Fsp3) is 0.353. The Kier molecular flexibility index (Phi) is 5.11. The molecule has 2 N–H and O–H groups in total. The summed E-state index contributed by atoms with van der Waals surface area (Å²) in [5, 5.41) is 10.6. The van der Waals surface area contributed by atoms with Crippen LogP contribution in [0.5, 0.6) is 11.5 Å². The fourth-order valence-corrected chi connectivity index (χ4v) is 3.92. The van der Waals surface area contributed by atoms with E-state index in [1.807, 2.05) is 14.0 Å². The molecule has 0 bridgehead atoms. The molecule has 2 aromatic carbocycles. The minimum atomic E-state index is -4.24. The summed E-state index contributed by atoms with van der Waals surface area (Å²) in [7, 11) is -2.29. The Labute approximate surface area is 156 Å². The first-order valence-electron chi connectivity index (χ1n) is 8.33. The van der Waals surface area contributed by atoms with Crippen LogP contribution in [0.3, 0.4) is 0 Å². The lowest BCUT2D eigenvalue weighted by Crippen LogP contribution is -2.30. The predicted molar refractivity (Wildman–Crippen MR) is 98.6 cm³/mol. The number of phenols is 1. The minimum Gasteiger partial charge on any atom is -0.506 e. The van der Waals surface area contributed by atoms with E-state index in [1.165, 1.54) is 12.1 Å². The Morgan fingerprint density at radius 3 is 2.74 bits per heavy atom. The molecule has 1 saturated heterocycles. The third kappa shape index (κ3) is 3.76. The van der Waals surface area contributed by atoms with Gasteiger partial charge in [-0.25, -0.2) is 13.4 Å². The highest BCUT2D eigenvalue weighted by molar-refractivity contribution is 7.92. The Bertz CT molecular complexity index is 996. The van der Waals surface area contributed by atoms with Gasteiger partial charge in [-0.05, 0) is 37.2 Å². The number of fused-ring (bicyclic) bond motifs is 1. The van der Waals surface area contributed by atoms with Gasteiger partial charge >= 0.3 is 10.2 Å². The maximum Gasteiger partial charge on any atom is 0.326 e. The van der Waals surface area contributed by atoms with E-state index in [4.69, 9.17) is 4.74 Å². The molecular formula is C17H20FN3O5S. The van der Waals surface area contributed by atoms with Crippen LogP contribution in [-0.4, -0.2) is 57.6 Å². The summed E-state index contributed by atoms with van der Waals surface area (Å²) >= 11 is 0. The number of halogens is 1. The minimum absolute atomic E-state index is 0.0821. The standard InChI is InChI=1S/C17H20FN3O5S/c1-3-20(2)6-7-26-12-5-4-11-8-14(22)17(16(18)13(11)9-12)21-10-15(23)19-27(21,24)25/h4-5,8-9,22H,3,6-7,10H2,1-2H3,(H,19,23). The van der Waals surface area contributed by atoms with E-state index in [0.717, 1.165) is 6.54 Å². The molecular weight excluding hydrogens is 377 g/mol. The van der Waals surface area contributed by atoms with Crippen molar-refractivity contribution < 1.29 is 27.4 Å². The fourth-order valence-electron chi connectivity index (χ4n) is 2.76. The lowest BCUT2D eigenvalue weighted by molar-refractivity contribution is -0.117. The summed E-state index contributed by atoms with van der Waals surface area (Å²) in [4.78, 5) is 13.5. The van der Waals surface area contributed by atoms with E-state index in [0.29, 0.717) is 28.6 Å². The maximum absolute atomic E-state index is 15.1. The van der Waals surface area contributed by atoms with Gasteiger partial charge in [0, 0.05) is 11.9 Å². The molecule has 146 valence electrons. The molecule has 0 aromatic heterocycles. The van der Waals surface area contributed by atoms with Crippen LogP contribution in [0, 0.1) is 5.82 Å². The van der Waals surface area contributed by atoms with Crippen molar-refractivity contribution in [3.05, 3.63) is 30.1 Å². The third-order valence-electron chi connectivity index (χ3n) is 4.36. The van der Waals surface area contributed by atoms with Crippen LogP contribution < -0.4 is 13.8 Å². The van der Waals surface area contributed by atoms with E-state index in [1.54, 1.807) is 16.9 Å². The monoisotopic (exact) mass is 397 g/mol. The Hall–Kier alpha value is -2.59. The van der Waals surface area contributed by atoms with Gasteiger partial charge in [0.1, 0.15) is 30.3 Å². The first-order valence-corrected chi connectivity index (χ1v) is 9.77. The molecule has 3 rings (SSSR count). The number of anilines is 1. The molecule has 0 radical (unpaired) electrons. The molecule has 1 amide bonds. The van der Waals surface area contributed by atoms with E-state index < -0.39 is 39.9 Å². The van der Waals surface area contributed by atoms with Crippen LogP contribution in [0.4, 0.5) is 10.1 Å². The van der Waals surface area contributed by atoms with Gasteiger partial charge in [0.2, 0.25) is 0 Å². The van der Waals surface area contributed by atoms with Gasteiger partial charge in [-0.1, -0.05) is 13.0 Å². The average molecular weight is 397 g/mol. The molecule has 1 fully saturated rings. The maximum atomic E-state index is 15.1. The number of benzene rings is 2. The number of ether oxygens (including phenoxy) is 1. The van der Waals surface area contributed by atoms with Crippen molar-refractivity contribution in [2.75, 3.05) is 37.6 Å². The number of nitrogens with one attached hydrogen (secondary N) is 1. The molecule has 0 atom stereocenters. The van der Waals surface area contributed by atoms with Crippen molar-refractivity contribution in [2.45, 2.75) is 6.92 Å². The highest BCUT2D eigenvalue weighted by Gasteiger charge is 2.37. The van der Waals surface area contributed by atoms with Crippen LogP contribution in [0.1, 0.15) is 6.92 Å². The van der Waals surface area contributed by atoms with Gasteiger partial charge in [0.15, 0.2) is 5.82 Å². The Morgan fingerprint density at radius 2 is 2.11 bits per heavy atom. The van der Waals surface area contributed by atoms with Gasteiger partial charge in [0.25, 0.3) is 5.91 Å². The molecule has 2 aromatic rings. The normalized spacial score (nSPS) is 16.1. The number of carbonyl (C=O) groups excluding carboxylic acids is 1. The van der Waals surface area contributed by atoms with E-state index in [9.17, 15) is 18.3 Å². The summed E-state index contributed by atoms with van der Waals surface area (Å²) in [5.41, 5.74) is -0.566. The van der Waals surface area contributed by atoms with Gasteiger partial charge < -0.3 is 14.7 Å². The zero-order valence-electron chi connectivity index (χ0n) is 14.9. The second-order valence-electron chi connectivity index (χ2n) is 6.22. The number of nitrogens with zero attached hydrogens (tertiary/aromatic N) is 2. The number of hydrogen-bond donors (Lipinski definition) is 2. The van der Waals surface area contributed by atoms with Gasteiger partial charge in [0.05, 0.1) is 0 Å². The molecule has 1 aliphatic heterocycles. The lowest BCUT2D eigenvalue weighted by Gasteiger charge is -2.18. The molecule has 0 aliphatic carbocycles. The van der Waals surface area contributed by atoms with Crippen molar-refractivity contribution >= 4 is 32.6 Å². The van der Waals surface area contributed by atoms with Crippen LogP contribution in [0.25, 0.3) is 10.8 Å².